The Kier molecular flexibility index (Phi) is 9.88. The van der Waals surface area contributed by atoms with E-state index in [-0.39, 0.29) is 28.8 Å². The number of nitrogens with zero attached hydrogens (tertiary/aromatic N) is 3. The van der Waals surface area contributed by atoms with Crippen molar-refractivity contribution in [2.45, 2.75) is 57.9 Å². The lowest BCUT2D eigenvalue weighted by Crippen LogP contribution is -2.54. The third-order valence-electron chi connectivity index (χ3n) is 8.01. The van der Waals surface area contributed by atoms with Gasteiger partial charge in [-0.1, -0.05) is 31.4 Å². The SMILES string of the molecule is CC1=NC(C)=C(C(=O)O)C(c2cccc(NC(=S)NNC(=O)CN3CCN(C4CCCCC4)CC3)c2)C1C(=O)O. The number of amides is 1. The zero-order valence-electron chi connectivity index (χ0n) is 23.0. The number of aliphatic imine (C=N–C) groups is 1. The number of benzene rings is 1. The van der Waals surface area contributed by atoms with Crippen molar-refractivity contribution in [1.29, 1.82) is 0 Å². The van der Waals surface area contributed by atoms with Crippen LogP contribution in [0.1, 0.15) is 57.4 Å². The van der Waals surface area contributed by atoms with Crippen LogP contribution < -0.4 is 16.2 Å². The number of carbonyl (C=O) groups excluding carboxylic acids is 1. The van der Waals surface area contributed by atoms with Gasteiger partial charge < -0.3 is 15.5 Å². The van der Waals surface area contributed by atoms with Gasteiger partial charge in [-0.05, 0) is 56.6 Å². The van der Waals surface area contributed by atoms with Crippen molar-refractivity contribution in [1.82, 2.24) is 20.7 Å². The normalized spacial score (nSPS) is 22.8. The Labute approximate surface area is 239 Å². The number of carbonyl (C=O) groups is 3. The standard InChI is InChI=1S/C28H38N6O5S/c1-17-23(26(36)37)25(24(27(38)39)18(2)29-17)19-7-6-8-20(15-19)30-28(40)32-31-22(35)16-33-11-13-34(14-12-33)21-9-4-3-5-10-21/h6-8,15,21,23,25H,3-5,9-14,16H2,1-2H3,(H,31,35)(H,36,37)(H,38,39)(H2,30,32,40). The van der Waals surface area contributed by atoms with E-state index < -0.39 is 23.8 Å². The van der Waals surface area contributed by atoms with Crippen molar-refractivity contribution >= 4 is 46.6 Å². The molecule has 0 bridgehead atoms. The number of hydrogen-bond acceptors (Lipinski definition) is 7. The molecule has 2 heterocycles. The van der Waals surface area contributed by atoms with E-state index in [0.717, 1.165) is 26.2 Å². The third-order valence-corrected chi connectivity index (χ3v) is 8.21. The molecule has 2 aliphatic heterocycles. The molecule has 5 N–H and O–H groups in total. The quantitative estimate of drug-likeness (QED) is 0.245. The van der Waals surface area contributed by atoms with Crippen LogP contribution in [0.25, 0.3) is 0 Å². The summed E-state index contributed by atoms with van der Waals surface area (Å²) in [5, 5.41) is 22.8. The van der Waals surface area contributed by atoms with Crippen LogP contribution in [0.4, 0.5) is 5.69 Å². The van der Waals surface area contributed by atoms with Gasteiger partial charge in [0.25, 0.3) is 5.91 Å². The number of hydrazine groups is 1. The van der Waals surface area contributed by atoms with Gasteiger partial charge in [0, 0.05) is 55.2 Å². The van der Waals surface area contributed by atoms with Gasteiger partial charge in [-0.2, -0.15) is 0 Å². The largest absolute Gasteiger partial charge is 0.481 e. The average Bonchev–Trinajstić information content (AvgIpc) is 2.92. The summed E-state index contributed by atoms with van der Waals surface area (Å²) in [5.74, 6) is -4.59. The molecule has 2 atom stereocenters. The molecule has 0 spiro atoms. The van der Waals surface area contributed by atoms with E-state index in [1.54, 1.807) is 38.1 Å². The predicted octanol–water partition coefficient (Wildman–Crippen LogP) is 2.57. The van der Waals surface area contributed by atoms with Gasteiger partial charge in [0.15, 0.2) is 5.11 Å². The molecule has 1 saturated carbocycles. The molecular weight excluding hydrogens is 532 g/mol. The molecule has 1 saturated heterocycles. The Hall–Kier alpha value is -3.35. The van der Waals surface area contributed by atoms with Gasteiger partial charge in [0.2, 0.25) is 0 Å². The molecule has 1 aliphatic carbocycles. The molecule has 1 aromatic rings. The molecular formula is C28H38N6O5S. The zero-order chi connectivity index (χ0) is 28.8. The third kappa shape index (κ3) is 7.23. The number of thiocarbonyl (C=S) groups is 1. The summed E-state index contributed by atoms with van der Waals surface area (Å²) in [7, 11) is 0. The second-order valence-electron chi connectivity index (χ2n) is 10.7. The van der Waals surface area contributed by atoms with E-state index in [1.807, 2.05) is 0 Å². The average molecular weight is 571 g/mol. The molecule has 4 rings (SSSR count). The molecule has 3 aliphatic rings. The summed E-state index contributed by atoms with van der Waals surface area (Å²) in [6.07, 6.45) is 6.53. The first-order valence-corrected chi connectivity index (χ1v) is 14.2. The number of rotatable bonds is 7. The van der Waals surface area contributed by atoms with Crippen LogP contribution in [-0.4, -0.2) is 87.4 Å². The number of allylic oxidation sites excluding steroid dienone is 1. The smallest absolute Gasteiger partial charge is 0.334 e. The van der Waals surface area contributed by atoms with Gasteiger partial charge in [0.05, 0.1) is 12.1 Å². The number of piperazine rings is 1. The lowest BCUT2D eigenvalue weighted by Gasteiger charge is -2.40. The van der Waals surface area contributed by atoms with Crippen molar-refractivity contribution in [3.05, 3.63) is 41.1 Å². The van der Waals surface area contributed by atoms with Crippen molar-refractivity contribution in [2.24, 2.45) is 10.9 Å². The van der Waals surface area contributed by atoms with E-state index in [2.05, 4.69) is 31.0 Å². The van der Waals surface area contributed by atoms with Crippen LogP contribution in [0, 0.1) is 5.92 Å². The number of hydrogen-bond donors (Lipinski definition) is 5. The van der Waals surface area contributed by atoms with E-state index in [9.17, 15) is 24.6 Å². The molecule has 1 aromatic carbocycles. The summed E-state index contributed by atoms with van der Waals surface area (Å²) in [6, 6.07) is 7.46. The Morgan fingerprint density at radius 3 is 2.38 bits per heavy atom. The summed E-state index contributed by atoms with van der Waals surface area (Å²) in [4.78, 5) is 45.5. The van der Waals surface area contributed by atoms with Crippen LogP contribution in [0.3, 0.4) is 0 Å². The highest BCUT2D eigenvalue weighted by Crippen LogP contribution is 2.39. The van der Waals surface area contributed by atoms with Gasteiger partial charge in [-0.15, -0.1) is 0 Å². The Bertz CT molecular complexity index is 1200. The van der Waals surface area contributed by atoms with Gasteiger partial charge in [-0.25, -0.2) is 4.79 Å². The lowest BCUT2D eigenvalue weighted by atomic mass is 9.75. The second kappa shape index (κ2) is 13.3. The minimum absolute atomic E-state index is 0.0531. The van der Waals surface area contributed by atoms with Gasteiger partial charge in [-0.3, -0.25) is 35.2 Å². The maximum absolute atomic E-state index is 12.5. The minimum Gasteiger partial charge on any atom is -0.481 e. The summed E-state index contributed by atoms with van der Waals surface area (Å²) >= 11 is 5.34. The molecule has 2 unspecified atom stereocenters. The van der Waals surface area contributed by atoms with Gasteiger partial charge >= 0.3 is 11.9 Å². The maximum atomic E-state index is 12.5. The minimum atomic E-state index is -1.21. The summed E-state index contributed by atoms with van der Waals surface area (Å²) < 4.78 is 0. The molecule has 11 nitrogen and oxygen atoms in total. The number of anilines is 1. The molecule has 40 heavy (non-hydrogen) atoms. The van der Waals surface area contributed by atoms with E-state index in [0.29, 0.717) is 23.0 Å². The highest BCUT2D eigenvalue weighted by Gasteiger charge is 2.41. The van der Waals surface area contributed by atoms with Crippen molar-refractivity contribution < 1.29 is 24.6 Å². The monoisotopic (exact) mass is 570 g/mol. The number of aliphatic carboxylic acids is 2. The van der Waals surface area contributed by atoms with E-state index in [1.165, 1.54) is 32.1 Å². The Morgan fingerprint density at radius 2 is 1.73 bits per heavy atom. The second-order valence-corrected chi connectivity index (χ2v) is 11.1. The molecule has 0 aromatic heterocycles. The molecule has 12 heteroatoms. The first-order valence-electron chi connectivity index (χ1n) is 13.8. The van der Waals surface area contributed by atoms with Crippen molar-refractivity contribution in [2.75, 3.05) is 38.0 Å². The highest BCUT2D eigenvalue weighted by atomic mass is 32.1. The van der Waals surface area contributed by atoms with E-state index >= 15 is 0 Å². The van der Waals surface area contributed by atoms with Crippen LogP contribution in [0.5, 0.6) is 0 Å². The Balaban J connectivity index is 1.30. The fourth-order valence-electron chi connectivity index (χ4n) is 6.07. The zero-order valence-corrected chi connectivity index (χ0v) is 23.8. The fourth-order valence-corrected chi connectivity index (χ4v) is 6.24. The first kappa shape index (κ1) is 29.6. The van der Waals surface area contributed by atoms with Crippen LogP contribution in [-0.2, 0) is 14.4 Å². The summed E-state index contributed by atoms with van der Waals surface area (Å²) in [6.45, 7) is 7.10. The molecule has 0 radical (unpaired) electrons. The number of carboxylic acids is 2. The summed E-state index contributed by atoms with van der Waals surface area (Å²) in [5.41, 5.74) is 6.94. The number of nitrogens with one attached hydrogen (secondary N) is 3. The number of carboxylic acid groups (broad SMARTS) is 2. The lowest BCUT2D eigenvalue weighted by molar-refractivity contribution is -0.140. The maximum Gasteiger partial charge on any atom is 0.334 e. The molecule has 216 valence electrons. The van der Waals surface area contributed by atoms with E-state index in [4.69, 9.17) is 12.2 Å². The molecule has 1 amide bonds. The Morgan fingerprint density at radius 1 is 1.02 bits per heavy atom. The first-order chi connectivity index (χ1) is 19.1. The van der Waals surface area contributed by atoms with Crippen LogP contribution in [0.15, 0.2) is 40.5 Å². The molecule has 2 fully saturated rings. The topological polar surface area (TPSA) is 147 Å². The van der Waals surface area contributed by atoms with Crippen molar-refractivity contribution in [3.63, 3.8) is 0 Å². The van der Waals surface area contributed by atoms with Crippen LogP contribution in [0.2, 0.25) is 0 Å². The predicted molar refractivity (Wildman–Crippen MR) is 156 cm³/mol. The fraction of sp³-hybridized carbons (Fsp3) is 0.536. The van der Waals surface area contributed by atoms with Gasteiger partial charge in [0.1, 0.15) is 5.92 Å². The highest BCUT2D eigenvalue weighted by molar-refractivity contribution is 7.80. The van der Waals surface area contributed by atoms with Crippen molar-refractivity contribution in [3.8, 4) is 0 Å². The van der Waals surface area contributed by atoms with Crippen LogP contribution >= 0.6 is 12.2 Å².